The van der Waals surface area contributed by atoms with Gasteiger partial charge in [-0.25, -0.2) is 0 Å². The molecule has 0 aliphatic heterocycles. The molecule has 0 saturated carbocycles. The first-order valence-electron chi connectivity index (χ1n) is 6.45. The van der Waals surface area contributed by atoms with Gasteiger partial charge in [-0.2, -0.15) is 5.26 Å². The van der Waals surface area contributed by atoms with Crippen LogP contribution in [0.3, 0.4) is 0 Å². The molecular formula is C15H14N4O2S. The number of hydrogen-bond acceptors (Lipinski definition) is 7. The third-order valence-corrected chi connectivity index (χ3v) is 3.71. The maximum Gasteiger partial charge on any atom is 0.277 e. The molecule has 0 atom stereocenters. The minimum Gasteiger partial charge on any atom is -0.411 e. The minimum absolute atomic E-state index is 0.0207. The molecule has 6 nitrogen and oxygen atoms in total. The summed E-state index contributed by atoms with van der Waals surface area (Å²) >= 11 is 1.08. The fourth-order valence-electron chi connectivity index (χ4n) is 1.76. The van der Waals surface area contributed by atoms with Gasteiger partial charge in [0.05, 0.1) is 5.75 Å². The van der Waals surface area contributed by atoms with Gasteiger partial charge in [0.25, 0.3) is 5.22 Å². The van der Waals surface area contributed by atoms with Crippen LogP contribution in [-0.4, -0.2) is 21.7 Å². The molecular weight excluding hydrogens is 300 g/mol. The second-order valence-corrected chi connectivity index (χ2v) is 5.50. The summed E-state index contributed by atoms with van der Waals surface area (Å²) in [5.74, 6) is 0.0644. The third-order valence-electron chi connectivity index (χ3n) is 2.89. The molecule has 0 aliphatic carbocycles. The van der Waals surface area contributed by atoms with Gasteiger partial charge in [-0.15, -0.1) is 10.2 Å². The topological polar surface area (TPSA) is 106 Å². The van der Waals surface area contributed by atoms with Crippen molar-refractivity contribution in [2.24, 2.45) is 5.73 Å². The molecule has 0 bridgehead atoms. The molecule has 0 radical (unpaired) electrons. The second kappa shape index (κ2) is 6.91. The number of nitrogens with two attached hydrogens (primary N) is 1. The van der Waals surface area contributed by atoms with Crippen LogP contribution in [0.2, 0.25) is 0 Å². The average Bonchev–Trinajstić information content (AvgIpc) is 2.94. The van der Waals surface area contributed by atoms with E-state index in [9.17, 15) is 4.79 Å². The van der Waals surface area contributed by atoms with Crippen molar-refractivity contribution < 1.29 is 9.21 Å². The van der Waals surface area contributed by atoms with E-state index in [4.69, 9.17) is 15.4 Å². The quantitative estimate of drug-likeness (QED) is 0.513. The predicted octanol–water partition coefficient (Wildman–Crippen LogP) is 2.46. The first-order valence-corrected chi connectivity index (χ1v) is 7.43. The van der Waals surface area contributed by atoms with Crippen molar-refractivity contribution in [3.05, 3.63) is 41.1 Å². The molecule has 2 N–H and O–H groups in total. The number of rotatable bonds is 5. The number of hydrogen-bond donors (Lipinski definition) is 1. The smallest absolute Gasteiger partial charge is 0.277 e. The SMILES string of the molecule is CC(N)=C(C#N)C(=O)CSc1nnc(-c2ccccc2C)o1. The molecule has 22 heavy (non-hydrogen) atoms. The Labute approximate surface area is 132 Å². The molecule has 7 heteroatoms. The van der Waals surface area contributed by atoms with Gasteiger partial charge >= 0.3 is 0 Å². The van der Waals surface area contributed by atoms with Gasteiger partial charge in [0.2, 0.25) is 5.89 Å². The number of allylic oxidation sites excluding steroid dienone is 2. The molecule has 2 rings (SSSR count). The zero-order chi connectivity index (χ0) is 16.1. The van der Waals surface area contributed by atoms with E-state index in [0.717, 1.165) is 22.9 Å². The van der Waals surface area contributed by atoms with E-state index in [2.05, 4.69) is 10.2 Å². The van der Waals surface area contributed by atoms with Crippen LogP contribution in [0.5, 0.6) is 0 Å². The number of carbonyl (C=O) groups is 1. The monoisotopic (exact) mass is 314 g/mol. The van der Waals surface area contributed by atoms with Crippen molar-refractivity contribution in [1.29, 1.82) is 5.26 Å². The number of thioether (sulfide) groups is 1. The summed E-state index contributed by atoms with van der Waals surface area (Å²) in [5, 5.41) is 17.0. The summed E-state index contributed by atoms with van der Waals surface area (Å²) < 4.78 is 5.53. The lowest BCUT2D eigenvalue weighted by atomic mass is 10.1. The van der Waals surface area contributed by atoms with E-state index in [1.165, 1.54) is 6.92 Å². The van der Waals surface area contributed by atoms with Gasteiger partial charge in [0.15, 0.2) is 5.78 Å². The lowest BCUT2D eigenvalue weighted by molar-refractivity contribution is -0.112. The van der Waals surface area contributed by atoms with Crippen molar-refractivity contribution in [3.63, 3.8) is 0 Å². The van der Waals surface area contributed by atoms with Crippen molar-refractivity contribution >= 4 is 17.5 Å². The summed E-state index contributed by atoms with van der Waals surface area (Å²) in [7, 11) is 0. The van der Waals surface area contributed by atoms with E-state index >= 15 is 0 Å². The second-order valence-electron chi connectivity index (χ2n) is 4.57. The minimum atomic E-state index is -0.358. The van der Waals surface area contributed by atoms with Crippen molar-refractivity contribution in [2.45, 2.75) is 19.1 Å². The van der Waals surface area contributed by atoms with E-state index in [-0.39, 0.29) is 28.0 Å². The number of nitriles is 1. The lowest BCUT2D eigenvalue weighted by Gasteiger charge is -1.99. The molecule has 0 unspecified atom stereocenters. The Morgan fingerprint density at radius 2 is 2.14 bits per heavy atom. The van der Waals surface area contributed by atoms with Crippen LogP contribution in [0.25, 0.3) is 11.5 Å². The normalized spacial score (nSPS) is 11.7. The third kappa shape index (κ3) is 3.54. The van der Waals surface area contributed by atoms with Crippen molar-refractivity contribution in [1.82, 2.24) is 10.2 Å². The van der Waals surface area contributed by atoms with Gasteiger partial charge in [0, 0.05) is 11.3 Å². The number of aromatic nitrogens is 2. The van der Waals surface area contributed by atoms with Crippen LogP contribution in [0.15, 0.2) is 45.2 Å². The molecule has 2 aromatic rings. The van der Waals surface area contributed by atoms with Crippen LogP contribution < -0.4 is 5.73 Å². The van der Waals surface area contributed by atoms with E-state index in [1.807, 2.05) is 31.2 Å². The maximum absolute atomic E-state index is 11.8. The highest BCUT2D eigenvalue weighted by Gasteiger charge is 2.15. The molecule has 0 spiro atoms. The zero-order valence-electron chi connectivity index (χ0n) is 12.2. The Bertz CT molecular complexity index is 770. The predicted molar refractivity (Wildman–Crippen MR) is 82.7 cm³/mol. The molecule has 1 heterocycles. The zero-order valence-corrected chi connectivity index (χ0v) is 13.0. The number of aryl methyl sites for hydroxylation is 1. The van der Waals surface area contributed by atoms with Crippen LogP contribution in [0.4, 0.5) is 0 Å². The lowest BCUT2D eigenvalue weighted by Crippen LogP contribution is -2.10. The Morgan fingerprint density at radius 3 is 2.77 bits per heavy atom. The Kier molecular flexibility index (Phi) is 4.96. The highest BCUT2D eigenvalue weighted by molar-refractivity contribution is 7.99. The van der Waals surface area contributed by atoms with Crippen LogP contribution in [0.1, 0.15) is 12.5 Å². The Balaban J connectivity index is 2.08. The van der Waals surface area contributed by atoms with Gasteiger partial charge in [0.1, 0.15) is 11.6 Å². The highest BCUT2D eigenvalue weighted by atomic mass is 32.2. The van der Waals surface area contributed by atoms with Gasteiger partial charge < -0.3 is 10.2 Å². The van der Waals surface area contributed by atoms with Crippen LogP contribution >= 0.6 is 11.8 Å². The summed E-state index contributed by atoms with van der Waals surface area (Å²) in [6.45, 7) is 3.47. The number of benzene rings is 1. The van der Waals surface area contributed by atoms with Crippen molar-refractivity contribution in [2.75, 3.05) is 5.75 Å². The maximum atomic E-state index is 11.8. The van der Waals surface area contributed by atoms with E-state index in [1.54, 1.807) is 6.07 Å². The van der Waals surface area contributed by atoms with Crippen LogP contribution in [0, 0.1) is 18.3 Å². The number of carbonyl (C=O) groups excluding carboxylic acids is 1. The van der Waals surface area contributed by atoms with Gasteiger partial charge in [-0.05, 0) is 25.5 Å². The summed E-state index contributed by atoms with van der Waals surface area (Å²) in [4.78, 5) is 11.8. The molecule has 0 amide bonds. The first-order chi connectivity index (χ1) is 10.5. The summed E-state index contributed by atoms with van der Waals surface area (Å²) in [5.41, 5.74) is 7.53. The van der Waals surface area contributed by atoms with Crippen LogP contribution in [-0.2, 0) is 4.79 Å². The molecule has 1 aromatic carbocycles. The Morgan fingerprint density at radius 1 is 1.41 bits per heavy atom. The van der Waals surface area contributed by atoms with E-state index < -0.39 is 0 Å². The molecule has 1 aromatic heterocycles. The standard InChI is InChI=1S/C15H14N4O2S/c1-9-5-3-4-6-11(9)14-18-19-15(21-14)22-8-13(20)12(7-16)10(2)17/h3-6H,8,17H2,1-2H3. The van der Waals surface area contributed by atoms with Gasteiger partial charge in [-0.3, -0.25) is 4.79 Å². The van der Waals surface area contributed by atoms with Gasteiger partial charge in [-0.1, -0.05) is 30.0 Å². The fraction of sp³-hybridized carbons (Fsp3) is 0.200. The van der Waals surface area contributed by atoms with E-state index in [0.29, 0.717) is 5.89 Å². The number of Topliss-reactive ketones (excluding diaryl/α,β-unsaturated/α-hetero) is 1. The summed E-state index contributed by atoms with van der Waals surface area (Å²) in [6.07, 6.45) is 0. The Hall–Kier alpha value is -2.59. The largest absolute Gasteiger partial charge is 0.411 e. The number of nitrogens with zero attached hydrogens (tertiary/aromatic N) is 3. The first kappa shape index (κ1) is 15.8. The molecule has 0 saturated heterocycles. The number of ketones is 1. The summed E-state index contributed by atoms with van der Waals surface area (Å²) in [6, 6.07) is 9.45. The highest BCUT2D eigenvalue weighted by Crippen LogP contribution is 2.25. The molecule has 0 aliphatic rings. The fourth-order valence-corrected chi connectivity index (χ4v) is 2.40. The molecule has 0 fully saturated rings. The molecule has 112 valence electrons. The average molecular weight is 314 g/mol. The van der Waals surface area contributed by atoms with Crippen molar-refractivity contribution in [3.8, 4) is 17.5 Å².